The van der Waals surface area contributed by atoms with Crippen molar-refractivity contribution >= 4 is 70.0 Å². The number of oxime groups is 1. The van der Waals surface area contributed by atoms with Gasteiger partial charge in [-0.25, -0.2) is 14.3 Å². The quantitative estimate of drug-likeness (QED) is 0.0415. The van der Waals surface area contributed by atoms with Crippen LogP contribution in [0.15, 0.2) is 107 Å². The van der Waals surface area contributed by atoms with Crippen LogP contribution >= 0.6 is 23.1 Å². The number of carboxylic acids is 1. The van der Waals surface area contributed by atoms with Crippen LogP contribution in [0.2, 0.25) is 0 Å². The maximum atomic E-state index is 14.4. The molecule has 1 saturated carbocycles. The fourth-order valence-corrected chi connectivity index (χ4v) is 7.69. The molecular formula is C38H32F3N7O9S2. The third-order valence-corrected chi connectivity index (χ3v) is 10.8. The lowest BCUT2D eigenvalue weighted by Gasteiger charge is -2.49. The van der Waals surface area contributed by atoms with Crippen LogP contribution in [0, 0.1) is 0 Å². The van der Waals surface area contributed by atoms with E-state index in [-0.39, 0.29) is 34.9 Å². The van der Waals surface area contributed by atoms with E-state index < -0.39 is 53.4 Å². The predicted molar refractivity (Wildman–Crippen MR) is 202 cm³/mol. The van der Waals surface area contributed by atoms with Gasteiger partial charge in [0.05, 0.1) is 5.56 Å². The summed E-state index contributed by atoms with van der Waals surface area (Å²) in [7, 11) is 0. The Hall–Kier alpha value is -6.61. The van der Waals surface area contributed by atoms with Crippen LogP contribution in [0.25, 0.3) is 0 Å². The van der Waals surface area contributed by atoms with Crippen molar-refractivity contribution in [1.82, 2.24) is 15.2 Å². The second-order valence-corrected chi connectivity index (χ2v) is 14.8. The van der Waals surface area contributed by atoms with Crippen LogP contribution in [0.3, 0.4) is 0 Å². The molecule has 59 heavy (non-hydrogen) atoms. The van der Waals surface area contributed by atoms with Crippen LogP contribution in [0.1, 0.15) is 46.1 Å². The Kier molecular flexibility index (Phi) is 13.0. The van der Waals surface area contributed by atoms with Crippen LogP contribution in [-0.4, -0.2) is 81.1 Å². The Morgan fingerprint density at radius 3 is 2.19 bits per heavy atom. The molecular weight excluding hydrogens is 820 g/mol. The number of nitrogens with two attached hydrogens (primary N) is 1. The normalized spacial score (nSPS) is 17.5. The Bertz CT molecular complexity index is 2250. The highest BCUT2D eigenvalue weighted by Gasteiger charge is 2.55. The van der Waals surface area contributed by atoms with Crippen molar-refractivity contribution < 1.29 is 61.2 Å². The lowest BCUT2D eigenvalue weighted by atomic mass is 10.0. The molecule has 7 rings (SSSR count). The number of anilines is 1. The number of benzene rings is 2. The van der Waals surface area contributed by atoms with E-state index in [0.717, 1.165) is 35.3 Å². The predicted octanol–water partition coefficient (Wildman–Crippen LogP) is 1.97. The number of carboxylic acid groups (broad SMARTS) is 1. The van der Waals surface area contributed by atoms with Gasteiger partial charge in [0.1, 0.15) is 34.9 Å². The van der Waals surface area contributed by atoms with Crippen molar-refractivity contribution in [2.45, 2.75) is 49.2 Å². The molecule has 21 heteroatoms. The molecule has 2 aromatic heterocycles. The second-order valence-electron chi connectivity index (χ2n) is 12.9. The van der Waals surface area contributed by atoms with E-state index in [0.29, 0.717) is 23.3 Å². The smallest absolute Gasteiger partial charge is 0.430 e. The lowest BCUT2D eigenvalue weighted by Crippen LogP contribution is -2.71. The molecule has 0 radical (unpaired) electrons. The first kappa shape index (κ1) is 42.0. The summed E-state index contributed by atoms with van der Waals surface area (Å²) in [5.74, 6) is -5.16. The van der Waals surface area contributed by atoms with Gasteiger partial charge in [-0.1, -0.05) is 65.8 Å². The number of esters is 1. The molecule has 1 saturated heterocycles. The largest absolute Gasteiger partial charge is 0.542 e. The van der Waals surface area contributed by atoms with Gasteiger partial charge in [-0.2, -0.15) is 13.2 Å². The summed E-state index contributed by atoms with van der Waals surface area (Å²) < 4.78 is 39.6. The molecule has 2 atom stereocenters. The standard InChI is InChI=1S/C36H31N7O7S2.C2HF3O2/c37-31(45)23-13-15-42(16-14-23)17-24-18-51-34-28(40-32(46)27(41-50-25-11-12-25)26-19-52-36(39-26)38-20-44)33(47)43(34)29(24)35(48)49-30(21-7-3-1-4-8-21)22-9-5-2-6-10-22;3-2(4,5)1(6)7/h1-10,13-16,19-20,25,28,30,34H,11-12,17-18H2,(H3-,37,38,39,40,44,45,46);(H,6,7)/t28-,34-;/m1./s1. The van der Waals surface area contributed by atoms with Crippen LogP contribution in [0.5, 0.6) is 0 Å². The van der Waals surface area contributed by atoms with E-state index in [4.69, 9.17) is 25.2 Å². The zero-order valence-electron chi connectivity index (χ0n) is 30.4. The van der Waals surface area contributed by atoms with Gasteiger partial charge < -0.3 is 35.8 Å². The molecule has 1 aliphatic carbocycles. The van der Waals surface area contributed by atoms with Crippen LogP contribution in [-0.2, 0) is 40.1 Å². The molecule has 2 aliphatic heterocycles. The van der Waals surface area contributed by atoms with Gasteiger partial charge in [0.15, 0.2) is 35.9 Å². The Labute approximate surface area is 340 Å². The number of hydrogen-bond acceptors (Lipinski definition) is 13. The molecule has 0 spiro atoms. The number of amides is 4. The number of nitrogens with zero attached hydrogens (tertiary/aromatic N) is 4. The van der Waals surface area contributed by atoms with Crippen molar-refractivity contribution in [3.05, 3.63) is 124 Å². The molecule has 0 bridgehead atoms. The minimum atomic E-state index is -5.19. The van der Waals surface area contributed by atoms with Gasteiger partial charge in [-0.15, -0.1) is 23.1 Å². The molecule has 2 aromatic carbocycles. The fraction of sp³-hybridized carbons (Fsp3) is 0.237. The van der Waals surface area contributed by atoms with E-state index in [2.05, 4.69) is 20.8 Å². The summed E-state index contributed by atoms with van der Waals surface area (Å²) in [5, 5.41) is 19.3. The monoisotopic (exact) mass is 851 g/mol. The molecule has 4 heterocycles. The number of halogens is 3. The number of fused-ring (bicyclic) bond motifs is 1. The van der Waals surface area contributed by atoms with Crippen molar-refractivity contribution in [3.8, 4) is 0 Å². The summed E-state index contributed by atoms with van der Waals surface area (Å²) in [6.45, 7) is 0.210. The van der Waals surface area contributed by atoms with E-state index in [9.17, 15) is 37.1 Å². The van der Waals surface area contributed by atoms with Crippen molar-refractivity contribution in [2.75, 3.05) is 11.1 Å². The number of carbonyl (C=O) groups is 6. The van der Waals surface area contributed by atoms with Gasteiger partial charge in [-0.3, -0.25) is 24.1 Å². The number of aromatic nitrogens is 2. The van der Waals surface area contributed by atoms with Gasteiger partial charge in [-0.05, 0) is 24.0 Å². The number of hydrogen-bond donors (Lipinski definition) is 3. The summed E-state index contributed by atoms with van der Waals surface area (Å²) in [4.78, 5) is 84.5. The summed E-state index contributed by atoms with van der Waals surface area (Å²) in [6.07, 6.45) is -0.650. The molecule has 4 amide bonds. The number of alkyl halides is 3. The molecule has 4 aromatic rings. The van der Waals surface area contributed by atoms with E-state index in [1.165, 1.54) is 16.7 Å². The zero-order valence-corrected chi connectivity index (χ0v) is 32.0. The molecule has 2 fully saturated rings. The van der Waals surface area contributed by atoms with Crippen LogP contribution in [0.4, 0.5) is 18.3 Å². The number of carbonyl (C=O) groups excluding carboxylic acids is 6. The lowest BCUT2D eigenvalue weighted by molar-refractivity contribution is -0.689. The maximum absolute atomic E-state index is 14.4. The highest BCUT2D eigenvalue weighted by Crippen LogP contribution is 2.42. The Balaban J connectivity index is 0.000000768. The number of nitrogens with one attached hydrogen (secondary N) is 2. The molecule has 0 unspecified atom stereocenters. The number of aliphatic carboxylic acids is 1. The number of primary amides is 1. The summed E-state index contributed by atoms with van der Waals surface area (Å²) in [5.41, 5.74) is 7.96. The van der Waals surface area contributed by atoms with Crippen molar-refractivity contribution in [1.29, 1.82) is 0 Å². The first-order valence-electron chi connectivity index (χ1n) is 17.5. The maximum Gasteiger partial charge on any atom is 0.430 e. The number of ether oxygens (including phenoxy) is 1. The average molecular weight is 852 g/mol. The SMILES string of the molecule is NC(=O)c1cc[n+](CC2=C(C(=O)OC(c3ccccc3)c3ccccc3)N3C(=O)[C@@H](NC(=O)C(=NOC4CC4)c4csc(NC=O)n4)[C@H]3SC2)cc1.O=C([O-])C(F)(F)F. The van der Waals surface area contributed by atoms with Gasteiger partial charge >= 0.3 is 12.1 Å². The van der Waals surface area contributed by atoms with Gasteiger partial charge in [0, 0.05) is 28.8 Å². The topological polar surface area (TPSA) is 226 Å². The minimum Gasteiger partial charge on any atom is -0.542 e. The van der Waals surface area contributed by atoms with E-state index in [1.54, 1.807) is 34.5 Å². The zero-order chi connectivity index (χ0) is 42.3. The first-order valence-corrected chi connectivity index (χ1v) is 19.4. The third kappa shape index (κ3) is 10.3. The number of thioether (sulfide) groups is 1. The Morgan fingerprint density at radius 2 is 1.64 bits per heavy atom. The van der Waals surface area contributed by atoms with E-state index in [1.807, 2.05) is 60.7 Å². The van der Waals surface area contributed by atoms with Crippen molar-refractivity contribution in [3.63, 3.8) is 0 Å². The fourth-order valence-electron chi connectivity index (χ4n) is 5.70. The molecule has 16 nitrogen and oxygen atoms in total. The van der Waals surface area contributed by atoms with Crippen LogP contribution < -0.4 is 26.0 Å². The molecule has 306 valence electrons. The molecule has 3 aliphatic rings. The number of β-lactam (4-membered cyclic amide) rings is 1. The van der Waals surface area contributed by atoms with Gasteiger partial charge in [0.2, 0.25) is 12.3 Å². The highest BCUT2D eigenvalue weighted by molar-refractivity contribution is 8.00. The minimum absolute atomic E-state index is 0.0811. The highest BCUT2D eigenvalue weighted by atomic mass is 32.2. The van der Waals surface area contributed by atoms with Gasteiger partial charge in [0.25, 0.3) is 11.8 Å². The van der Waals surface area contributed by atoms with E-state index >= 15 is 0 Å². The Morgan fingerprint density at radius 1 is 1.03 bits per heavy atom. The number of rotatable bonds is 14. The third-order valence-electron chi connectivity index (χ3n) is 8.70. The number of thiazole rings is 1. The number of pyridine rings is 1. The average Bonchev–Trinajstić information content (AvgIpc) is 3.95. The molecule has 4 N–H and O–H groups in total. The summed E-state index contributed by atoms with van der Waals surface area (Å²) in [6, 6.07) is 20.8. The summed E-state index contributed by atoms with van der Waals surface area (Å²) >= 11 is 2.49. The first-order chi connectivity index (χ1) is 28.2. The van der Waals surface area contributed by atoms with Crippen molar-refractivity contribution in [2.24, 2.45) is 10.9 Å². The second kappa shape index (κ2) is 18.3.